The standard InChI is InChI=1S/C19H23NO/c1-14(20-10-5-11-21-2)15-8-9-19-17(12-15)13-16-6-3-4-7-18(16)19/h3-4,6-9,12,14,20H,5,10-11,13H2,1-2H3. The average Bonchev–Trinajstić information content (AvgIpc) is 2.89. The van der Waals surface area contributed by atoms with Crippen molar-refractivity contribution in [1.82, 2.24) is 5.32 Å². The Kier molecular flexibility index (Phi) is 4.37. The molecule has 0 saturated carbocycles. The van der Waals surface area contributed by atoms with Crippen LogP contribution in [-0.4, -0.2) is 20.3 Å². The van der Waals surface area contributed by atoms with E-state index in [9.17, 15) is 0 Å². The van der Waals surface area contributed by atoms with Crippen molar-refractivity contribution in [3.8, 4) is 11.1 Å². The van der Waals surface area contributed by atoms with Crippen molar-refractivity contribution >= 4 is 0 Å². The molecule has 0 saturated heterocycles. The van der Waals surface area contributed by atoms with Gasteiger partial charge in [-0.2, -0.15) is 0 Å². The van der Waals surface area contributed by atoms with E-state index in [4.69, 9.17) is 4.74 Å². The zero-order valence-corrected chi connectivity index (χ0v) is 12.9. The van der Waals surface area contributed by atoms with Gasteiger partial charge in [0, 0.05) is 19.8 Å². The smallest absolute Gasteiger partial charge is 0.0474 e. The van der Waals surface area contributed by atoms with E-state index in [0.717, 1.165) is 26.0 Å². The first-order chi connectivity index (χ1) is 10.3. The maximum Gasteiger partial charge on any atom is 0.0474 e. The number of methoxy groups -OCH3 is 1. The van der Waals surface area contributed by atoms with Crippen LogP contribution in [0.4, 0.5) is 0 Å². The van der Waals surface area contributed by atoms with Crippen molar-refractivity contribution in [2.75, 3.05) is 20.3 Å². The molecular formula is C19H23NO. The number of nitrogens with one attached hydrogen (secondary N) is 1. The molecule has 0 aromatic heterocycles. The SMILES string of the molecule is COCCCNC(C)c1ccc2c(c1)Cc1ccccc1-2. The third-order valence-electron chi connectivity index (χ3n) is 4.29. The highest BCUT2D eigenvalue weighted by Crippen LogP contribution is 2.37. The first kappa shape index (κ1) is 14.3. The van der Waals surface area contributed by atoms with Gasteiger partial charge in [0.2, 0.25) is 0 Å². The van der Waals surface area contributed by atoms with Crippen LogP contribution in [0.15, 0.2) is 42.5 Å². The molecule has 0 amide bonds. The lowest BCUT2D eigenvalue weighted by atomic mass is 10.0. The molecule has 2 aromatic rings. The van der Waals surface area contributed by atoms with Gasteiger partial charge in [0.1, 0.15) is 0 Å². The van der Waals surface area contributed by atoms with Crippen LogP contribution in [0.25, 0.3) is 11.1 Å². The van der Waals surface area contributed by atoms with Crippen molar-refractivity contribution in [3.63, 3.8) is 0 Å². The first-order valence-corrected chi connectivity index (χ1v) is 7.73. The van der Waals surface area contributed by atoms with Gasteiger partial charge in [-0.1, -0.05) is 42.5 Å². The van der Waals surface area contributed by atoms with E-state index in [1.807, 2.05) is 0 Å². The summed E-state index contributed by atoms with van der Waals surface area (Å²) in [5.74, 6) is 0. The van der Waals surface area contributed by atoms with Gasteiger partial charge in [-0.15, -0.1) is 0 Å². The summed E-state index contributed by atoms with van der Waals surface area (Å²) in [6, 6.07) is 16.0. The molecule has 1 atom stereocenters. The van der Waals surface area contributed by atoms with E-state index in [1.54, 1.807) is 7.11 Å². The fourth-order valence-corrected chi connectivity index (χ4v) is 3.09. The van der Waals surface area contributed by atoms with Gasteiger partial charge in [0.05, 0.1) is 0 Å². The third-order valence-corrected chi connectivity index (χ3v) is 4.29. The van der Waals surface area contributed by atoms with Gasteiger partial charge < -0.3 is 10.1 Å². The highest BCUT2D eigenvalue weighted by Gasteiger charge is 2.18. The highest BCUT2D eigenvalue weighted by atomic mass is 16.5. The number of rotatable bonds is 6. The van der Waals surface area contributed by atoms with Crippen LogP contribution in [0, 0.1) is 0 Å². The Morgan fingerprint density at radius 2 is 1.90 bits per heavy atom. The van der Waals surface area contributed by atoms with Gasteiger partial charge >= 0.3 is 0 Å². The molecule has 110 valence electrons. The van der Waals surface area contributed by atoms with E-state index < -0.39 is 0 Å². The van der Waals surface area contributed by atoms with Crippen LogP contribution in [-0.2, 0) is 11.2 Å². The van der Waals surface area contributed by atoms with E-state index in [-0.39, 0.29) is 0 Å². The number of hydrogen-bond donors (Lipinski definition) is 1. The number of ether oxygens (including phenoxy) is 1. The van der Waals surface area contributed by atoms with Crippen LogP contribution in [0.1, 0.15) is 36.1 Å². The molecule has 21 heavy (non-hydrogen) atoms. The molecule has 2 nitrogen and oxygen atoms in total. The molecule has 3 rings (SSSR count). The Morgan fingerprint density at radius 3 is 2.76 bits per heavy atom. The molecule has 0 fully saturated rings. The lowest BCUT2D eigenvalue weighted by Gasteiger charge is -2.15. The normalized spacial score (nSPS) is 13.8. The molecular weight excluding hydrogens is 258 g/mol. The van der Waals surface area contributed by atoms with Gasteiger partial charge in [-0.3, -0.25) is 0 Å². The van der Waals surface area contributed by atoms with Crippen molar-refractivity contribution in [3.05, 3.63) is 59.2 Å². The Balaban J connectivity index is 1.71. The molecule has 0 radical (unpaired) electrons. The Labute approximate surface area is 127 Å². The fraction of sp³-hybridized carbons (Fsp3) is 0.368. The summed E-state index contributed by atoms with van der Waals surface area (Å²) in [5, 5.41) is 3.57. The van der Waals surface area contributed by atoms with Crippen LogP contribution in [0.3, 0.4) is 0 Å². The maximum atomic E-state index is 5.09. The second kappa shape index (κ2) is 6.42. The van der Waals surface area contributed by atoms with E-state index >= 15 is 0 Å². The summed E-state index contributed by atoms with van der Waals surface area (Å²) in [4.78, 5) is 0. The lowest BCUT2D eigenvalue weighted by molar-refractivity contribution is 0.193. The van der Waals surface area contributed by atoms with E-state index in [0.29, 0.717) is 6.04 Å². The van der Waals surface area contributed by atoms with Crippen molar-refractivity contribution in [2.45, 2.75) is 25.8 Å². The van der Waals surface area contributed by atoms with Gasteiger partial charge in [-0.25, -0.2) is 0 Å². The number of hydrogen-bond acceptors (Lipinski definition) is 2. The zero-order valence-electron chi connectivity index (χ0n) is 12.9. The minimum Gasteiger partial charge on any atom is -0.385 e. The van der Waals surface area contributed by atoms with Crippen LogP contribution in [0.5, 0.6) is 0 Å². The quantitative estimate of drug-likeness (QED) is 0.691. The molecule has 0 heterocycles. The second-order valence-electron chi connectivity index (χ2n) is 5.77. The Bertz CT molecular complexity index is 621. The zero-order chi connectivity index (χ0) is 14.7. The lowest BCUT2D eigenvalue weighted by Crippen LogP contribution is -2.20. The maximum absolute atomic E-state index is 5.09. The molecule has 1 N–H and O–H groups in total. The summed E-state index contributed by atoms with van der Waals surface area (Å²) in [7, 11) is 1.75. The molecule has 0 aliphatic heterocycles. The fourth-order valence-electron chi connectivity index (χ4n) is 3.09. The highest BCUT2D eigenvalue weighted by molar-refractivity contribution is 5.76. The largest absolute Gasteiger partial charge is 0.385 e. The molecule has 1 aliphatic carbocycles. The van der Waals surface area contributed by atoms with Crippen LogP contribution >= 0.6 is 0 Å². The summed E-state index contributed by atoms with van der Waals surface area (Å²) in [6.07, 6.45) is 2.12. The molecule has 2 heteroatoms. The summed E-state index contributed by atoms with van der Waals surface area (Å²) in [5.41, 5.74) is 7.09. The van der Waals surface area contributed by atoms with Crippen LogP contribution < -0.4 is 5.32 Å². The summed E-state index contributed by atoms with van der Waals surface area (Å²) in [6.45, 7) is 4.04. The topological polar surface area (TPSA) is 21.3 Å². The molecule has 0 bridgehead atoms. The summed E-state index contributed by atoms with van der Waals surface area (Å²) >= 11 is 0. The molecule has 1 aliphatic rings. The third kappa shape index (κ3) is 3.02. The van der Waals surface area contributed by atoms with E-state index in [2.05, 4.69) is 54.7 Å². The first-order valence-electron chi connectivity index (χ1n) is 7.73. The van der Waals surface area contributed by atoms with Crippen molar-refractivity contribution in [2.24, 2.45) is 0 Å². The van der Waals surface area contributed by atoms with Gasteiger partial charge in [0.25, 0.3) is 0 Å². The molecule has 0 spiro atoms. The van der Waals surface area contributed by atoms with E-state index in [1.165, 1.54) is 27.8 Å². The van der Waals surface area contributed by atoms with Crippen molar-refractivity contribution in [1.29, 1.82) is 0 Å². The van der Waals surface area contributed by atoms with Crippen molar-refractivity contribution < 1.29 is 4.74 Å². The molecule has 2 aromatic carbocycles. The predicted molar refractivity (Wildman–Crippen MR) is 87.6 cm³/mol. The molecule has 1 unspecified atom stereocenters. The Morgan fingerprint density at radius 1 is 1.10 bits per heavy atom. The Hall–Kier alpha value is -1.64. The van der Waals surface area contributed by atoms with Gasteiger partial charge in [0.15, 0.2) is 0 Å². The summed E-state index contributed by atoms with van der Waals surface area (Å²) < 4.78 is 5.09. The minimum atomic E-state index is 0.385. The average molecular weight is 281 g/mol. The van der Waals surface area contributed by atoms with Gasteiger partial charge in [-0.05, 0) is 54.1 Å². The predicted octanol–water partition coefficient (Wildman–Crippen LogP) is 3.94. The second-order valence-corrected chi connectivity index (χ2v) is 5.77. The number of fused-ring (bicyclic) bond motifs is 3. The minimum absolute atomic E-state index is 0.385. The number of benzene rings is 2. The van der Waals surface area contributed by atoms with Crippen LogP contribution in [0.2, 0.25) is 0 Å². The monoisotopic (exact) mass is 281 g/mol.